The maximum absolute atomic E-state index is 9.65. The van der Waals surface area contributed by atoms with E-state index in [9.17, 15) is 5.11 Å². The fourth-order valence-corrected chi connectivity index (χ4v) is 3.66. The summed E-state index contributed by atoms with van der Waals surface area (Å²) in [4.78, 5) is 4.65. The van der Waals surface area contributed by atoms with Crippen LogP contribution in [-0.2, 0) is 6.42 Å². The monoisotopic (exact) mass is 323 g/mol. The zero-order chi connectivity index (χ0) is 16.8. The van der Waals surface area contributed by atoms with Crippen LogP contribution < -0.4 is 0 Å². The topological polar surface area (TPSA) is 33.1 Å². The number of hydrogen-bond donors (Lipinski definition) is 1. The van der Waals surface area contributed by atoms with Crippen molar-refractivity contribution in [1.29, 1.82) is 0 Å². The number of nitrogens with zero attached hydrogens (tertiary/aromatic N) is 1. The van der Waals surface area contributed by atoms with Gasteiger partial charge in [-0.25, -0.2) is 0 Å². The second-order valence-corrected chi connectivity index (χ2v) is 7.14. The van der Waals surface area contributed by atoms with Crippen molar-refractivity contribution in [3.8, 4) is 11.3 Å². The molecule has 0 saturated heterocycles. The van der Waals surface area contributed by atoms with E-state index in [2.05, 4.69) is 48.3 Å². The van der Waals surface area contributed by atoms with Crippen LogP contribution in [0.1, 0.15) is 68.9 Å². The van der Waals surface area contributed by atoms with Gasteiger partial charge in [-0.15, -0.1) is 0 Å². The van der Waals surface area contributed by atoms with Gasteiger partial charge in [0.15, 0.2) is 0 Å². The fourth-order valence-electron chi connectivity index (χ4n) is 3.66. The Kier molecular flexibility index (Phi) is 6.03. The van der Waals surface area contributed by atoms with Crippen LogP contribution in [0, 0.1) is 0 Å². The summed E-state index contributed by atoms with van der Waals surface area (Å²) in [5.74, 6) is 0.608. The normalized spacial score (nSPS) is 20.9. The lowest BCUT2D eigenvalue weighted by atomic mass is 9.82. The first-order valence-electron chi connectivity index (χ1n) is 9.49. The van der Waals surface area contributed by atoms with Crippen molar-refractivity contribution in [1.82, 2.24) is 4.98 Å². The fraction of sp³-hybridized carbons (Fsp3) is 0.500. The number of unbranched alkanes of at least 4 members (excludes halogenated alkanes) is 2. The Morgan fingerprint density at radius 2 is 1.71 bits per heavy atom. The summed E-state index contributed by atoms with van der Waals surface area (Å²) < 4.78 is 0. The molecule has 0 amide bonds. The molecule has 0 aliphatic heterocycles. The van der Waals surface area contributed by atoms with Crippen LogP contribution in [0.4, 0.5) is 0 Å². The molecule has 1 heterocycles. The van der Waals surface area contributed by atoms with E-state index in [1.807, 2.05) is 6.20 Å². The molecular weight excluding hydrogens is 294 g/mol. The molecule has 1 saturated carbocycles. The summed E-state index contributed by atoms with van der Waals surface area (Å²) >= 11 is 0. The summed E-state index contributed by atoms with van der Waals surface area (Å²) in [7, 11) is 0. The number of pyridine rings is 1. The highest BCUT2D eigenvalue weighted by Crippen LogP contribution is 2.33. The minimum absolute atomic E-state index is 0.0828. The van der Waals surface area contributed by atoms with Crippen LogP contribution in [0.3, 0.4) is 0 Å². The first kappa shape index (κ1) is 17.2. The van der Waals surface area contributed by atoms with E-state index in [0.29, 0.717) is 5.92 Å². The molecule has 1 fully saturated rings. The van der Waals surface area contributed by atoms with Crippen LogP contribution >= 0.6 is 0 Å². The number of benzene rings is 1. The van der Waals surface area contributed by atoms with Crippen molar-refractivity contribution in [2.75, 3.05) is 0 Å². The SMILES string of the molecule is CCCCCc1ccc(-c2ccc([C@H]3CC[C@H](O)CC3)cc2)nc1. The van der Waals surface area contributed by atoms with Gasteiger partial charge in [0, 0.05) is 11.8 Å². The van der Waals surface area contributed by atoms with Crippen LogP contribution in [0.15, 0.2) is 42.6 Å². The van der Waals surface area contributed by atoms with Gasteiger partial charge in [-0.05, 0) is 61.6 Å². The van der Waals surface area contributed by atoms with Crippen LogP contribution in [-0.4, -0.2) is 16.2 Å². The molecule has 24 heavy (non-hydrogen) atoms. The average molecular weight is 323 g/mol. The predicted octanol–water partition coefficient (Wildman–Crippen LogP) is 5.50. The molecular formula is C22H29NO. The van der Waals surface area contributed by atoms with Gasteiger partial charge in [-0.1, -0.05) is 50.1 Å². The summed E-state index contributed by atoms with van der Waals surface area (Å²) in [5, 5.41) is 9.65. The number of aromatic nitrogens is 1. The molecule has 128 valence electrons. The Hall–Kier alpha value is -1.67. The zero-order valence-electron chi connectivity index (χ0n) is 14.7. The third-order valence-electron chi connectivity index (χ3n) is 5.27. The van der Waals surface area contributed by atoms with Gasteiger partial charge >= 0.3 is 0 Å². The Morgan fingerprint density at radius 3 is 2.33 bits per heavy atom. The van der Waals surface area contributed by atoms with Crippen molar-refractivity contribution in [2.24, 2.45) is 0 Å². The number of aliphatic hydroxyl groups excluding tert-OH is 1. The van der Waals surface area contributed by atoms with E-state index in [-0.39, 0.29) is 6.10 Å². The predicted molar refractivity (Wildman–Crippen MR) is 100 cm³/mol. The summed E-state index contributed by atoms with van der Waals surface area (Å²) in [6, 6.07) is 13.2. The minimum atomic E-state index is -0.0828. The third-order valence-corrected chi connectivity index (χ3v) is 5.27. The van der Waals surface area contributed by atoms with Crippen LogP contribution in [0.2, 0.25) is 0 Å². The molecule has 1 aliphatic rings. The third kappa shape index (κ3) is 4.45. The van der Waals surface area contributed by atoms with Crippen molar-refractivity contribution >= 4 is 0 Å². The maximum Gasteiger partial charge on any atom is 0.0702 e. The number of hydrogen-bond acceptors (Lipinski definition) is 2. The summed E-state index contributed by atoms with van der Waals surface area (Å²) in [6.07, 6.45) is 11.0. The van der Waals surface area contributed by atoms with Gasteiger partial charge in [-0.3, -0.25) is 4.98 Å². The molecule has 1 N–H and O–H groups in total. The van der Waals surface area contributed by atoms with Crippen LogP contribution in [0.25, 0.3) is 11.3 Å². The summed E-state index contributed by atoms with van der Waals surface area (Å²) in [5.41, 5.74) is 4.99. The van der Waals surface area contributed by atoms with Gasteiger partial charge in [0.2, 0.25) is 0 Å². The van der Waals surface area contributed by atoms with Gasteiger partial charge in [-0.2, -0.15) is 0 Å². The van der Waals surface area contributed by atoms with Crippen molar-refractivity contribution in [3.05, 3.63) is 53.7 Å². The second-order valence-electron chi connectivity index (χ2n) is 7.14. The van der Waals surface area contributed by atoms with E-state index < -0.39 is 0 Å². The first-order chi connectivity index (χ1) is 11.8. The molecule has 0 radical (unpaired) electrons. The molecule has 2 nitrogen and oxygen atoms in total. The maximum atomic E-state index is 9.65. The number of rotatable bonds is 6. The van der Waals surface area contributed by atoms with E-state index in [0.717, 1.165) is 37.8 Å². The number of aryl methyl sites for hydroxylation is 1. The van der Waals surface area contributed by atoms with Gasteiger partial charge < -0.3 is 5.11 Å². The van der Waals surface area contributed by atoms with E-state index >= 15 is 0 Å². The highest BCUT2D eigenvalue weighted by Gasteiger charge is 2.20. The lowest BCUT2D eigenvalue weighted by Crippen LogP contribution is -2.16. The van der Waals surface area contributed by atoms with E-state index in [1.54, 1.807) is 0 Å². The molecule has 0 spiro atoms. The Labute approximate surface area is 146 Å². The van der Waals surface area contributed by atoms with Crippen molar-refractivity contribution in [3.63, 3.8) is 0 Å². The average Bonchev–Trinajstić information content (AvgIpc) is 2.63. The molecule has 1 aliphatic carbocycles. The Balaban J connectivity index is 1.62. The summed E-state index contributed by atoms with van der Waals surface area (Å²) in [6.45, 7) is 2.24. The van der Waals surface area contributed by atoms with Crippen molar-refractivity contribution in [2.45, 2.75) is 70.3 Å². The first-order valence-corrected chi connectivity index (χ1v) is 9.49. The van der Waals surface area contributed by atoms with Crippen LogP contribution in [0.5, 0.6) is 0 Å². The minimum Gasteiger partial charge on any atom is -0.393 e. The Morgan fingerprint density at radius 1 is 0.958 bits per heavy atom. The quantitative estimate of drug-likeness (QED) is 0.712. The van der Waals surface area contributed by atoms with E-state index in [4.69, 9.17) is 0 Å². The van der Waals surface area contributed by atoms with Gasteiger partial charge in [0.05, 0.1) is 11.8 Å². The lowest BCUT2D eigenvalue weighted by Gasteiger charge is -2.25. The highest BCUT2D eigenvalue weighted by atomic mass is 16.3. The molecule has 0 bridgehead atoms. The largest absolute Gasteiger partial charge is 0.393 e. The zero-order valence-corrected chi connectivity index (χ0v) is 14.7. The number of aliphatic hydroxyl groups is 1. The molecule has 3 rings (SSSR count). The smallest absolute Gasteiger partial charge is 0.0702 e. The molecule has 2 heteroatoms. The van der Waals surface area contributed by atoms with Crippen molar-refractivity contribution < 1.29 is 5.11 Å². The lowest BCUT2D eigenvalue weighted by molar-refractivity contribution is 0.122. The highest BCUT2D eigenvalue weighted by molar-refractivity contribution is 5.59. The van der Waals surface area contributed by atoms with Gasteiger partial charge in [0.25, 0.3) is 0 Å². The van der Waals surface area contributed by atoms with E-state index in [1.165, 1.54) is 36.0 Å². The molecule has 2 aromatic rings. The second kappa shape index (κ2) is 8.43. The molecule has 0 unspecified atom stereocenters. The molecule has 1 aromatic carbocycles. The molecule has 1 aromatic heterocycles. The van der Waals surface area contributed by atoms with Gasteiger partial charge in [0.1, 0.15) is 0 Å². The molecule has 0 atom stereocenters. The standard InChI is InChI=1S/C22H29NO/c1-2-3-4-5-17-6-15-22(23-16-17)20-9-7-18(8-10-20)19-11-13-21(24)14-12-19/h6-10,15-16,19,21,24H,2-5,11-14H2,1H3/t19-,21-. The Bertz CT molecular complexity index is 609.